The summed E-state index contributed by atoms with van der Waals surface area (Å²) in [5.41, 5.74) is 0. The third kappa shape index (κ3) is 2.54. The molecule has 0 unspecified atom stereocenters. The number of rotatable bonds is 3. The Morgan fingerprint density at radius 2 is 2.11 bits per heavy atom. The molecular weight excluding hydrogens is 287 g/mol. The summed E-state index contributed by atoms with van der Waals surface area (Å²) in [7, 11) is 1.45. The zero-order valence-electron chi connectivity index (χ0n) is 8.95. The van der Waals surface area contributed by atoms with Crippen LogP contribution in [0.1, 0.15) is 19.6 Å². The molecule has 0 aliphatic rings. The number of hydrogen-bond acceptors (Lipinski definition) is 5. The molecule has 96 valence electrons. The number of methoxy groups -OCH3 is 1. The molecule has 0 spiro atoms. The Morgan fingerprint density at radius 1 is 1.39 bits per heavy atom. The number of thiophene rings is 1. The summed E-state index contributed by atoms with van der Waals surface area (Å²) in [4.78, 5) is 15.4. The highest BCUT2D eigenvalue weighted by Crippen LogP contribution is 2.34. The lowest BCUT2D eigenvalue weighted by atomic mass is 10.3. The van der Waals surface area contributed by atoms with Gasteiger partial charge in [0.15, 0.2) is 5.01 Å². The molecule has 0 aromatic carbocycles. The van der Waals surface area contributed by atoms with Crippen LogP contribution >= 0.6 is 22.7 Å². The zero-order valence-corrected chi connectivity index (χ0v) is 10.6. The average Bonchev–Trinajstić information content (AvgIpc) is 2.96. The summed E-state index contributed by atoms with van der Waals surface area (Å²) >= 11 is 1.46. The molecule has 0 saturated heterocycles. The van der Waals surface area contributed by atoms with Gasteiger partial charge >= 0.3 is 6.18 Å². The molecule has 0 N–H and O–H groups in total. The first-order valence-electron chi connectivity index (χ1n) is 4.62. The van der Waals surface area contributed by atoms with E-state index < -0.39 is 17.0 Å². The van der Waals surface area contributed by atoms with Gasteiger partial charge in [-0.2, -0.15) is 13.2 Å². The van der Waals surface area contributed by atoms with E-state index in [0.717, 1.165) is 17.5 Å². The Labute approximate surface area is 108 Å². The second-order valence-corrected chi connectivity index (χ2v) is 5.15. The smallest absolute Gasteiger partial charge is 0.443 e. The van der Waals surface area contributed by atoms with E-state index in [4.69, 9.17) is 4.74 Å². The van der Waals surface area contributed by atoms with E-state index in [2.05, 4.69) is 4.98 Å². The molecular formula is C10H6F3NO2S2. The number of aromatic nitrogens is 1. The molecule has 0 aliphatic carbocycles. The van der Waals surface area contributed by atoms with E-state index in [1.54, 1.807) is 5.38 Å². The first-order chi connectivity index (χ1) is 8.41. The molecule has 2 aromatic rings. The standard InChI is InChI=1S/C10H6F3NO2S2/c1-16-5-2-6(17-4-5)8(15)7-3-14-9(18-7)10(11,12)13/h2-4H,1H3. The number of halogens is 3. The summed E-state index contributed by atoms with van der Waals surface area (Å²) in [5, 5.41) is 0.591. The van der Waals surface area contributed by atoms with E-state index in [-0.39, 0.29) is 4.88 Å². The highest BCUT2D eigenvalue weighted by atomic mass is 32.1. The largest absolute Gasteiger partial charge is 0.496 e. The topological polar surface area (TPSA) is 39.2 Å². The molecule has 2 aromatic heterocycles. The Bertz CT molecular complexity index is 574. The van der Waals surface area contributed by atoms with Crippen molar-refractivity contribution in [2.24, 2.45) is 0 Å². The molecule has 2 rings (SSSR count). The molecule has 0 amide bonds. The third-order valence-electron chi connectivity index (χ3n) is 2.01. The molecule has 0 saturated carbocycles. The van der Waals surface area contributed by atoms with Crippen molar-refractivity contribution in [1.82, 2.24) is 4.98 Å². The van der Waals surface area contributed by atoms with Gasteiger partial charge in [-0.3, -0.25) is 4.79 Å². The maximum atomic E-state index is 12.3. The number of thiazole rings is 1. The second-order valence-electron chi connectivity index (χ2n) is 3.21. The van der Waals surface area contributed by atoms with Crippen LogP contribution < -0.4 is 4.74 Å². The van der Waals surface area contributed by atoms with Crippen LogP contribution in [0.4, 0.5) is 13.2 Å². The Hall–Kier alpha value is -1.41. The van der Waals surface area contributed by atoms with Crippen molar-refractivity contribution in [3.8, 4) is 5.75 Å². The number of nitrogens with zero attached hydrogens (tertiary/aromatic N) is 1. The molecule has 0 aliphatic heterocycles. The van der Waals surface area contributed by atoms with Crippen molar-refractivity contribution < 1.29 is 22.7 Å². The zero-order chi connectivity index (χ0) is 13.3. The monoisotopic (exact) mass is 293 g/mol. The maximum Gasteiger partial charge on any atom is 0.443 e. The summed E-state index contributed by atoms with van der Waals surface area (Å²) in [5.74, 6) is 0.0280. The van der Waals surface area contributed by atoms with Crippen LogP contribution in [0.2, 0.25) is 0 Å². The Balaban J connectivity index is 2.26. The van der Waals surface area contributed by atoms with Gasteiger partial charge in [0.1, 0.15) is 5.75 Å². The lowest BCUT2D eigenvalue weighted by Gasteiger charge is -1.98. The maximum absolute atomic E-state index is 12.3. The van der Waals surface area contributed by atoms with Crippen LogP contribution in [-0.4, -0.2) is 17.9 Å². The quantitative estimate of drug-likeness (QED) is 0.813. The molecule has 18 heavy (non-hydrogen) atoms. The molecule has 0 bridgehead atoms. The lowest BCUT2D eigenvalue weighted by Crippen LogP contribution is -2.03. The molecule has 0 atom stereocenters. The highest BCUT2D eigenvalue weighted by Gasteiger charge is 2.35. The van der Waals surface area contributed by atoms with Crippen molar-refractivity contribution in [3.05, 3.63) is 32.4 Å². The van der Waals surface area contributed by atoms with Gasteiger partial charge < -0.3 is 4.74 Å². The molecule has 0 fully saturated rings. The van der Waals surface area contributed by atoms with Crippen LogP contribution in [0.3, 0.4) is 0 Å². The van der Waals surface area contributed by atoms with E-state index in [9.17, 15) is 18.0 Å². The predicted molar refractivity (Wildman–Crippen MR) is 61.4 cm³/mol. The van der Waals surface area contributed by atoms with E-state index in [1.165, 1.54) is 13.2 Å². The Kier molecular flexibility index (Phi) is 3.40. The van der Waals surface area contributed by atoms with Crippen LogP contribution in [0.25, 0.3) is 0 Å². The van der Waals surface area contributed by atoms with Crippen molar-refractivity contribution in [1.29, 1.82) is 0 Å². The second kappa shape index (κ2) is 4.69. The van der Waals surface area contributed by atoms with Crippen molar-refractivity contribution in [2.45, 2.75) is 6.18 Å². The summed E-state index contributed by atoms with van der Waals surface area (Å²) < 4.78 is 41.9. The van der Waals surface area contributed by atoms with Crippen LogP contribution in [-0.2, 0) is 6.18 Å². The van der Waals surface area contributed by atoms with Gasteiger partial charge in [-0.25, -0.2) is 4.98 Å². The van der Waals surface area contributed by atoms with E-state index >= 15 is 0 Å². The first kappa shape index (κ1) is 13.0. The normalized spacial score (nSPS) is 11.6. The number of ketones is 1. The summed E-state index contributed by atoms with van der Waals surface area (Å²) in [6.07, 6.45) is -3.57. The molecule has 0 radical (unpaired) electrons. The number of alkyl halides is 3. The Morgan fingerprint density at radius 3 is 2.61 bits per heavy atom. The van der Waals surface area contributed by atoms with Gasteiger partial charge in [0.25, 0.3) is 0 Å². The van der Waals surface area contributed by atoms with E-state index in [1.807, 2.05) is 0 Å². The minimum atomic E-state index is -4.52. The van der Waals surface area contributed by atoms with Gasteiger partial charge in [0.05, 0.1) is 16.9 Å². The van der Waals surface area contributed by atoms with Crippen LogP contribution in [0.5, 0.6) is 5.75 Å². The number of hydrogen-bond donors (Lipinski definition) is 0. The van der Waals surface area contributed by atoms with Gasteiger partial charge in [-0.05, 0) is 0 Å². The number of carbonyl (C=O) groups is 1. The summed E-state index contributed by atoms with van der Waals surface area (Å²) in [6.45, 7) is 0. The molecule has 2 heterocycles. The van der Waals surface area contributed by atoms with Gasteiger partial charge in [0, 0.05) is 17.6 Å². The number of carbonyl (C=O) groups excluding carboxylic acids is 1. The van der Waals surface area contributed by atoms with Gasteiger partial charge in [-0.1, -0.05) is 0 Å². The highest BCUT2D eigenvalue weighted by molar-refractivity contribution is 7.16. The minimum Gasteiger partial charge on any atom is -0.496 e. The molecule has 8 heteroatoms. The van der Waals surface area contributed by atoms with Crippen LogP contribution in [0.15, 0.2) is 17.6 Å². The average molecular weight is 293 g/mol. The van der Waals surface area contributed by atoms with Crippen molar-refractivity contribution in [2.75, 3.05) is 7.11 Å². The van der Waals surface area contributed by atoms with Gasteiger partial charge in [-0.15, -0.1) is 22.7 Å². The SMILES string of the molecule is COc1csc(C(=O)c2cnc(C(F)(F)F)s2)c1. The summed E-state index contributed by atoms with van der Waals surface area (Å²) in [6, 6.07) is 1.49. The first-order valence-corrected chi connectivity index (χ1v) is 6.31. The fraction of sp³-hybridized carbons (Fsp3) is 0.200. The third-order valence-corrected chi connectivity index (χ3v) is 3.96. The van der Waals surface area contributed by atoms with Crippen molar-refractivity contribution in [3.63, 3.8) is 0 Å². The van der Waals surface area contributed by atoms with Crippen molar-refractivity contribution >= 4 is 28.5 Å². The predicted octanol–water partition coefficient (Wildman–Crippen LogP) is 3.46. The fourth-order valence-electron chi connectivity index (χ4n) is 1.18. The minimum absolute atomic E-state index is 0.0353. The van der Waals surface area contributed by atoms with Crippen LogP contribution in [0, 0.1) is 0 Å². The fourth-order valence-corrected chi connectivity index (χ4v) is 2.79. The number of ether oxygens (including phenoxy) is 1. The lowest BCUT2D eigenvalue weighted by molar-refractivity contribution is -0.137. The van der Waals surface area contributed by atoms with E-state index in [0.29, 0.717) is 22.0 Å². The molecule has 3 nitrogen and oxygen atoms in total. The van der Waals surface area contributed by atoms with Gasteiger partial charge in [0.2, 0.25) is 5.78 Å².